The number of aromatic carboxylic acids is 1. The van der Waals surface area contributed by atoms with Crippen molar-refractivity contribution in [3.63, 3.8) is 0 Å². The molecule has 1 atom stereocenters. The predicted octanol–water partition coefficient (Wildman–Crippen LogP) is 5.01. The van der Waals surface area contributed by atoms with Gasteiger partial charge in [-0.1, -0.05) is 23.4 Å². The Kier molecular flexibility index (Phi) is 6.55. The highest BCUT2D eigenvalue weighted by atomic mass is 19.3. The predicted molar refractivity (Wildman–Crippen MR) is 143 cm³/mol. The SMILES string of the molecule is Cc1nc(C(c2c(N)[nH]c3ccccc23)C2CC2)no1.O=C(O)c1ccc(N2CC(F)(F)C2)c(OCC2CC2)n1. The summed E-state index contributed by atoms with van der Waals surface area (Å²) in [4.78, 5) is 24.0. The monoisotopic (exact) mass is 552 g/mol. The molecule has 1 unspecified atom stereocenters. The largest absolute Gasteiger partial charge is 0.477 e. The molecule has 0 spiro atoms. The van der Waals surface area contributed by atoms with Gasteiger partial charge in [-0.05, 0) is 55.7 Å². The number of hydrogen-bond acceptors (Lipinski definition) is 8. The molecule has 210 valence electrons. The Morgan fingerprint density at radius 2 is 1.95 bits per heavy atom. The molecule has 3 aromatic heterocycles. The second-order valence-electron chi connectivity index (χ2n) is 10.8. The summed E-state index contributed by atoms with van der Waals surface area (Å²) in [7, 11) is 0. The number of hydrogen-bond donors (Lipinski definition) is 3. The van der Waals surface area contributed by atoms with Crippen molar-refractivity contribution >= 4 is 28.4 Å². The van der Waals surface area contributed by atoms with E-state index in [0.29, 0.717) is 35.8 Å². The fourth-order valence-corrected chi connectivity index (χ4v) is 5.03. The maximum atomic E-state index is 12.9. The molecule has 40 heavy (non-hydrogen) atoms. The van der Waals surface area contributed by atoms with Gasteiger partial charge in [-0.15, -0.1) is 0 Å². The van der Waals surface area contributed by atoms with E-state index in [1.165, 1.54) is 29.9 Å². The molecule has 10 nitrogen and oxygen atoms in total. The van der Waals surface area contributed by atoms with Gasteiger partial charge < -0.3 is 30.0 Å². The van der Waals surface area contributed by atoms with Crippen molar-refractivity contribution in [2.45, 2.75) is 44.4 Å². The molecule has 7 rings (SSSR count). The highest BCUT2D eigenvalue weighted by Crippen LogP contribution is 2.49. The van der Waals surface area contributed by atoms with E-state index >= 15 is 0 Å². The number of carboxylic acids is 1. The lowest BCUT2D eigenvalue weighted by Crippen LogP contribution is -2.56. The van der Waals surface area contributed by atoms with E-state index in [-0.39, 0.29) is 30.6 Å². The maximum absolute atomic E-state index is 12.9. The molecular weight excluding hydrogens is 522 g/mol. The summed E-state index contributed by atoms with van der Waals surface area (Å²) in [6.07, 6.45) is 4.54. The van der Waals surface area contributed by atoms with Crippen LogP contribution in [0.3, 0.4) is 0 Å². The van der Waals surface area contributed by atoms with E-state index in [1.807, 2.05) is 25.1 Å². The average Bonchev–Trinajstić information content (AvgIpc) is 3.83. The van der Waals surface area contributed by atoms with Gasteiger partial charge in [0, 0.05) is 23.4 Å². The molecule has 1 aromatic carbocycles. The number of H-pyrrole nitrogens is 1. The first-order valence-electron chi connectivity index (χ1n) is 13.3. The van der Waals surface area contributed by atoms with Gasteiger partial charge in [-0.2, -0.15) is 4.98 Å². The van der Waals surface area contributed by atoms with Gasteiger partial charge in [0.2, 0.25) is 11.8 Å². The number of carbonyl (C=O) groups is 1. The standard InChI is InChI=1S/C15H16N4O.C13H14F2N2O3/c1-8-17-15(19-20-8)12(9-6-7-9)13-10-4-2-3-5-11(10)18-14(13)16;14-13(15)6-17(7-13)10-4-3-9(12(18)19)16-11(10)20-5-8-1-2-8/h2-5,9,12,18H,6-7,16H2,1H3;3-4,8H,1-2,5-7H2,(H,18,19). The van der Waals surface area contributed by atoms with E-state index < -0.39 is 11.9 Å². The van der Waals surface area contributed by atoms with E-state index in [9.17, 15) is 13.6 Å². The molecule has 4 N–H and O–H groups in total. The number of benzene rings is 1. The van der Waals surface area contributed by atoms with Crippen molar-refractivity contribution in [3.8, 4) is 5.88 Å². The van der Waals surface area contributed by atoms with Crippen molar-refractivity contribution < 1.29 is 27.9 Å². The average molecular weight is 553 g/mol. The number of nitrogens with one attached hydrogen (secondary N) is 1. The molecule has 3 aliphatic rings. The number of ether oxygens (including phenoxy) is 1. The number of halogens is 2. The van der Waals surface area contributed by atoms with Crippen LogP contribution >= 0.6 is 0 Å². The first-order chi connectivity index (χ1) is 19.2. The lowest BCUT2D eigenvalue weighted by atomic mass is 9.92. The zero-order valence-corrected chi connectivity index (χ0v) is 21.9. The molecule has 0 radical (unpaired) electrons. The van der Waals surface area contributed by atoms with Gasteiger partial charge in [0.25, 0.3) is 5.92 Å². The maximum Gasteiger partial charge on any atom is 0.354 e. The van der Waals surface area contributed by atoms with Crippen LogP contribution in [0.2, 0.25) is 0 Å². The van der Waals surface area contributed by atoms with Crippen LogP contribution in [0.25, 0.3) is 10.9 Å². The fourth-order valence-electron chi connectivity index (χ4n) is 5.03. The Hall–Kier alpha value is -4.22. The Labute approximate surface area is 228 Å². The van der Waals surface area contributed by atoms with Crippen LogP contribution in [0.5, 0.6) is 5.88 Å². The molecular formula is C28H30F2N6O4. The third-order valence-corrected chi connectivity index (χ3v) is 7.40. The second kappa shape index (κ2) is 10.1. The number of aryl methyl sites for hydroxylation is 1. The van der Waals surface area contributed by atoms with Crippen molar-refractivity contribution in [1.82, 2.24) is 20.1 Å². The first-order valence-corrected chi connectivity index (χ1v) is 13.3. The van der Waals surface area contributed by atoms with Gasteiger partial charge in [0.05, 0.1) is 25.6 Å². The van der Waals surface area contributed by atoms with Crippen LogP contribution in [-0.2, 0) is 0 Å². The van der Waals surface area contributed by atoms with E-state index in [2.05, 4.69) is 26.2 Å². The second-order valence-corrected chi connectivity index (χ2v) is 10.8. The summed E-state index contributed by atoms with van der Waals surface area (Å²) in [6, 6.07) is 11.0. The van der Waals surface area contributed by atoms with Crippen LogP contribution in [-0.4, -0.2) is 56.8 Å². The van der Waals surface area contributed by atoms with Crippen LogP contribution in [0.4, 0.5) is 20.3 Å². The van der Waals surface area contributed by atoms with Gasteiger partial charge in [0.1, 0.15) is 11.5 Å². The fraction of sp³-hybridized carbons (Fsp3) is 0.429. The minimum Gasteiger partial charge on any atom is -0.477 e. The Morgan fingerprint density at radius 3 is 2.58 bits per heavy atom. The molecule has 1 aliphatic heterocycles. The summed E-state index contributed by atoms with van der Waals surface area (Å²) >= 11 is 0. The summed E-state index contributed by atoms with van der Waals surface area (Å²) in [5, 5.41) is 14.2. The quantitative estimate of drug-likeness (QED) is 0.275. The third-order valence-electron chi connectivity index (χ3n) is 7.40. The van der Waals surface area contributed by atoms with Gasteiger partial charge in [0.15, 0.2) is 11.5 Å². The zero-order valence-electron chi connectivity index (χ0n) is 21.9. The lowest BCUT2D eigenvalue weighted by molar-refractivity contribution is -0.0265. The van der Waals surface area contributed by atoms with Gasteiger partial charge in [-0.25, -0.2) is 18.6 Å². The van der Waals surface area contributed by atoms with Crippen molar-refractivity contribution in [2.75, 3.05) is 30.3 Å². The third kappa shape index (κ3) is 5.43. The zero-order chi connectivity index (χ0) is 28.0. The highest BCUT2D eigenvalue weighted by Gasteiger charge is 2.45. The number of aromatic nitrogens is 4. The smallest absolute Gasteiger partial charge is 0.354 e. The number of nitrogen functional groups attached to an aromatic ring is 1. The minimum absolute atomic E-state index is 0.128. The number of nitrogens with two attached hydrogens (primary N) is 1. The molecule has 2 aliphatic carbocycles. The van der Waals surface area contributed by atoms with E-state index in [4.69, 9.17) is 20.1 Å². The molecule has 2 saturated carbocycles. The number of para-hydroxylation sites is 1. The summed E-state index contributed by atoms with van der Waals surface area (Å²) in [5.41, 5.74) is 8.68. The topological polar surface area (TPSA) is 143 Å². The Bertz CT molecular complexity index is 1540. The number of aromatic amines is 1. The van der Waals surface area contributed by atoms with Crippen LogP contribution < -0.4 is 15.4 Å². The number of alkyl halides is 2. The van der Waals surface area contributed by atoms with E-state index in [0.717, 1.165) is 35.1 Å². The molecule has 4 heterocycles. The first kappa shape index (κ1) is 26.0. The van der Waals surface area contributed by atoms with Gasteiger partial charge >= 0.3 is 5.97 Å². The summed E-state index contributed by atoms with van der Waals surface area (Å²) in [6.45, 7) is 1.49. The van der Waals surface area contributed by atoms with Crippen molar-refractivity contribution in [3.05, 3.63) is 59.4 Å². The molecule has 4 aromatic rings. The van der Waals surface area contributed by atoms with Crippen molar-refractivity contribution in [2.24, 2.45) is 11.8 Å². The molecule has 0 amide bonds. The number of rotatable bonds is 8. The number of nitrogens with zero attached hydrogens (tertiary/aromatic N) is 4. The molecule has 12 heteroatoms. The Morgan fingerprint density at radius 1 is 1.20 bits per heavy atom. The number of anilines is 2. The number of fused-ring (bicyclic) bond motifs is 1. The van der Waals surface area contributed by atoms with Crippen LogP contribution in [0, 0.1) is 18.8 Å². The summed E-state index contributed by atoms with van der Waals surface area (Å²) < 4.78 is 36.6. The molecule has 3 fully saturated rings. The van der Waals surface area contributed by atoms with E-state index in [1.54, 1.807) is 0 Å². The normalized spacial score (nSPS) is 18.5. The number of carboxylic acid groups (broad SMARTS) is 1. The lowest BCUT2D eigenvalue weighted by Gasteiger charge is -2.40. The van der Waals surface area contributed by atoms with Crippen molar-refractivity contribution in [1.29, 1.82) is 0 Å². The van der Waals surface area contributed by atoms with Crippen LogP contribution in [0.1, 0.15) is 59.4 Å². The summed E-state index contributed by atoms with van der Waals surface area (Å²) in [5.74, 6) is -0.502. The highest BCUT2D eigenvalue weighted by molar-refractivity contribution is 5.89. The number of pyridine rings is 1. The van der Waals surface area contributed by atoms with Gasteiger partial charge in [-0.3, -0.25) is 0 Å². The molecule has 1 saturated heterocycles. The molecule has 0 bridgehead atoms. The van der Waals surface area contributed by atoms with Crippen LogP contribution in [0.15, 0.2) is 40.9 Å². The minimum atomic E-state index is -2.70. The Balaban J connectivity index is 0.000000145.